The molecule has 1 heterocycles. The van der Waals surface area contributed by atoms with Crippen LogP contribution in [0.15, 0.2) is 54.6 Å². The smallest absolute Gasteiger partial charge is 0.414 e. The molecule has 2 aromatic carbocycles. The van der Waals surface area contributed by atoms with Crippen LogP contribution in [0.1, 0.15) is 25.3 Å². The molecule has 0 radical (unpaired) electrons. The van der Waals surface area contributed by atoms with Crippen LogP contribution in [-0.4, -0.2) is 37.8 Å². The van der Waals surface area contributed by atoms with Gasteiger partial charge in [-0.1, -0.05) is 37.3 Å². The third kappa shape index (κ3) is 5.49. The number of amides is 2. The second kappa shape index (κ2) is 9.78. The van der Waals surface area contributed by atoms with Gasteiger partial charge in [0.15, 0.2) is 0 Å². The van der Waals surface area contributed by atoms with Crippen LogP contribution in [0, 0.1) is 0 Å². The Morgan fingerprint density at radius 3 is 2.64 bits per heavy atom. The molecule has 3 rings (SSSR count). The van der Waals surface area contributed by atoms with Crippen molar-refractivity contribution in [2.75, 3.05) is 24.6 Å². The predicted octanol–water partition coefficient (Wildman–Crippen LogP) is 3.55. The second-order valence-corrected chi connectivity index (χ2v) is 6.71. The number of anilines is 1. The van der Waals surface area contributed by atoms with E-state index >= 15 is 0 Å². The van der Waals surface area contributed by atoms with Crippen LogP contribution in [-0.2, 0) is 16.0 Å². The van der Waals surface area contributed by atoms with Gasteiger partial charge in [-0.25, -0.2) is 4.79 Å². The highest BCUT2D eigenvalue weighted by atomic mass is 16.6. The maximum Gasteiger partial charge on any atom is 0.414 e. The third-order valence-electron chi connectivity index (χ3n) is 4.62. The van der Waals surface area contributed by atoms with Crippen molar-refractivity contribution < 1.29 is 19.1 Å². The van der Waals surface area contributed by atoms with Crippen molar-refractivity contribution in [3.05, 3.63) is 60.2 Å². The Morgan fingerprint density at radius 2 is 1.93 bits per heavy atom. The molecular formula is C22H26N2O4. The molecule has 1 fully saturated rings. The molecule has 2 amide bonds. The minimum Gasteiger partial charge on any atom is -0.494 e. The molecule has 1 unspecified atom stereocenters. The number of rotatable bonds is 9. The molecule has 1 aliphatic rings. The summed E-state index contributed by atoms with van der Waals surface area (Å²) in [5.41, 5.74) is 2.03. The van der Waals surface area contributed by atoms with Crippen LogP contribution in [0.4, 0.5) is 10.5 Å². The molecule has 1 N–H and O–H groups in total. The Balaban J connectivity index is 1.36. The van der Waals surface area contributed by atoms with E-state index in [2.05, 4.69) is 12.2 Å². The average molecular weight is 382 g/mol. The number of benzene rings is 2. The number of hydrogen-bond donors (Lipinski definition) is 1. The molecule has 0 saturated carbocycles. The fourth-order valence-corrected chi connectivity index (χ4v) is 3.01. The van der Waals surface area contributed by atoms with Gasteiger partial charge in [-0.05, 0) is 42.7 Å². The topological polar surface area (TPSA) is 67.9 Å². The number of aryl methyl sites for hydroxylation is 1. The quantitative estimate of drug-likeness (QED) is 0.674. The molecule has 0 bridgehead atoms. The SMILES string of the molecule is CCc1ccc(N2CC(CNC(=O)CCCOc3ccccc3)OC2=O)cc1. The van der Waals surface area contributed by atoms with Crippen molar-refractivity contribution in [3.8, 4) is 5.75 Å². The zero-order valence-corrected chi connectivity index (χ0v) is 16.1. The van der Waals surface area contributed by atoms with E-state index < -0.39 is 0 Å². The van der Waals surface area contributed by atoms with Crippen molar-refractivity contribution in [2.45, 2.75) is 32.3 Å². The van der Waals surface area contributed by atoms with E-state index in [1.54, 1.807) is 4.90 Å². The second-order valence-electron chi connectivity index (χ2n) is 6.71. The highest BCUT2D eigenvalue weighted by Crippen LogP contribution is 2.22. The monoisotopic (exact) mass is 382 g/mol. The maximum absolute atomic E-state index is 12.1. The van der Waals surface area contributed by atoms with E-state index in [0.29, 0.717) is 32.5 Å². The van der Waals surface area contributed by atoms with Crippen molar-refractivity contribution in [1.82, 2.24) is 5.32 Å². The first-order valence-corrected chi connectivity index (χ1v) is 9.67. The highest BCUT2D eigenvalue weighted by Gasteiger charge is 2.32. The van der Waals surface area contributed by atoms with Gasteiger partial charge in [-0.2, -0.15) is 0 Å². The summed E-state index contributed by atoms with van der Waals surface area (Å²) < 4.78 is 10.9. The molecule has 1 aliphatic heterocycles. The van der Waals surface area contributed by atoms with E-state index in [1.165, 1.54) is 5.56 Å². The summed E-state index contributed by atoms with van der Waals surface area (Å²) in [4.78, 5) is 25.7. The summed E-state index contributed by atoms with van der Waals surface area (Å²) in [6.07, 6.45) is 1.23. The molecule has 148 valence electrons. The van der Waals surface area contributed by atoms with E-state index in [9.17, 15) is 9.59 Å². The number of nitrogens with zero attached hydrogens (tertiary/aromatic N) is 1. The van der Waals surface area contributed by atoms with E-state index in [-0.39, 0.29) is 18.1 Å². The minimum atomic E-state index is -0.375. The molecule has 0 aromatic heterocycles. The molecular weight excluding hydrogens is 356 g/mol. The number of cyclic esters (lactones) is 1. The highest BCUT2D eigenvalue weighted by molar-refractivity contribution is 5.89. The average Bonchev–Trinajstić information content (AvgIpc) is 3.11. The van der Waals surface area contributed by atoms with Gasteiger partial charge in [0.2, 0.25) is 5.91 Å². The molecule has 0 spiro atoms. The molecule has 28 heavy (non-hydrogen) atoms. The van der Waals surface area contributed by atoms with Crippen LogP contribution in [0.25, 0.3) is 0 Å². The molecule has 6 heteroatoms. The van der Waals surface area contributed by atoms with Crippen LogP contribution in [0.5, 0.6) is 5.75 Å². The number of carbonyl (C=O) groups is 2. The van der Waals surface area contributed by atoms with Crippen molar-refractivity contribution in [1.29, 1.82) is 0 Å². The first-order chi connectivity index (χ1) is 13.7. The third-order valence-corrected chi connectivity index (χ3v) is 4.62. The van der Waals surface area contributed by atoms with Gasteiger partial charge in [0.1, 0.15) is 11.9 Å². The molecule has 0 aliphatic carbocycles. The maximum atomic E-state index is 12.1. The van der Waals surface area contributed by atoms with Gasteiger partial charge in [0.25, 0.3) is 0 Å². The standard InChI is InChI=1S/C22H26N2O4/c1-2-17-10-12-18(13-11-17)24-16-20(28-22(24)26)15-23-21(25)9-6-14-27-19-7-4-3-5-8-19/h3-5,7-8,10-13,20H,2,6,9,14-16H2,1H3,(H,23,25). The summed E-state index contributed by atoms with van der Waals surface area (Å²) >= 11 is 0. The predicted molar refractivity (Wildman–Crippen MR) is 108 cm³/mol. The lowest BCUT2D eigenvalue weighted by atomic mass is 10.1. The van der Waals surface area contributed by atoms with E-state index in [1.807, 2.05) is 54.6 Å². The van der Waals surface area contributed by atoms with Gasteiger partial charge >= 0.3 is 6.09 Å². The Morgan fingerprint density at radius 1 is 1.18 bits per heavy atom. The summed E-state index contributed by atoms with van der Waals surface area (Å²) in [7, 11) is 0. The Bertz CT molecular complexity index is 777. The molecule has 6 nitrogen and oxygen atoms in total. The number of carbonyl (C=O) groups excluding carboxylic acids is 2. The van der Waals surface area contributed by atoms with E-state index in [4.69, 9.17) is 9.47 Å². The van der Waals surface area contributed by atoms with Gasteiger partial charge in [-0.3, -0.25) is 9.69 Å². The van der Waals surface area contributed by atoms with E-state index in [0.717, 1.165) is 17.9 Å². The van der Waals surface area contributed by atoms with Crippen LogP contribution < -0.4 is 15.0 Å². The summed E-state index contributed by atoms with van der Waals surface area (Å²) in [5, 5.41) is 2.84. The lowest BCUT2D eigenvalue weighted by molar-refractivity contribution is -0.121. The van der Waals surface area contributed by atoms with Crippen LogP contribution >= 0.6 is 0 Å². The molecule has 1 saturated heterocycles. The van der Waals surface area contributed by atoms with Gasteiger partial charge in [0, 0.05) is 12.1 Å². The van der Waals surface area contributed by atoms with Gasteiger partial charge in [0.05, 0.1) is 19.7 Å². The molecule has 2 aromatic rings. The first kappa shape index (κ1) is 19.7. The van der Waals surface area contributed by atoms with Crippen LogP contribution in [0.2, 0.25) is 0 Å². The van der Waals surface area contributed by atoms with Crippen LogP contribution in [0.3, 0.4) is 0 Å². The Labute approximate surface area is 165 Å². The summed E-state index contributed by atoms with van der Waals surface area (Å²) in [6.45, 7) is 3.32. The normalized spacial score (nSPS) is 16.0. The zero-order valence-electron chi connectivity index (χ0n) is 16.1. The largest absolute Gasteiger partial charge is 0.494 e. The van der Waals surface area contributed by atoms with Gasteiger partial charge < -0.3 is 14.8 Å². The van der Waals surface area contributed by atoms with Gasteiger partial charge in [-0.15, -0.1) is 0 Å². The van der Waals surface area contributed by atoms with Crippen molar-refractivity contribution in [3.63, 3.8) is 0 Å². The fourth-order valence-electron chi connectivity index (χ4n) is 3.01. The summed E-state index contributed by atoms with van der Waals surface area (Å²) in [5.74, 6) is 0.728. The Kier molecular flexibility index (Phi) is 6.89. The first-order valence-electron chi connectivity index (χ1n) is 9.67. The molecule has 1 atom stereocenters. The number of para-hydroxylation sites is 1. The number of hydrogen-bond acceptors (Lipinski definition) is 4. The Hall–Kier alpha value is -3.02. The zero-order chi connectivity index (χ0) is 19.8. The number of nitrogens with one attached hydrogen (secondary N) is 1. The number of ether oxygens (including phenoxy) is 2. The lowest BCUT2D eigenvalue weighted by Gasteiger charge is -2.13. The summed E-state index contributed by atoms with van der Waals surface area (Å²) in [6, 6.07) is 17.4. The van der Waals surface area contributed by atoms with Crippen molar-refractivity contribution in [2.24, 2.45) is 0 Å². The van der Waals surface area contributed by atoms with Crippen molar-refractivity contribution >= 4 is 17.7 Å². The lowest BCUT2D eigenvalue weighted by Crippen LogP contribution is -2.34. The minimum absolute atomic E-state index is 0.0709. The fraction of sp³-hybridized carbons (Fsp3) is 0.364.